The van der Waals surface area contributed by atoms with Crippen LogP contribution in [0.3, 0.4) is 0 Å². The van der Waals surface area contributed by atoms with E-state index in [0.717, 1.165) is 25.5 Å². The minimum Gasteiger partial charge on any atom is -0.370 e. The molecule has 0 atom stereocenters. The number of nitrogens with two attached hydrogens (primary N) is 1. The van der Waals surface area contributed by atoms with Crippen molar-refractivity contribution in [3.63, 3.8) is 0 Å². The summed E-state index contributed by atoms with van der Waals surface area (Å²) in [4.78, 5) is 6.86. The van der Waals surface area contributed by atoms with Crippen LogP contribution >= 0.6 is 0 Å². The van der Waals surface area contributed by atoms with Gasteiger partial charge in [-0.15, -0.1) is 0 Å². The van der Waals surface area contributed by atoms with E-state index in [4.69, 9.17) is 5.73 Å². The number of hydrogen-bond donors (Lipinski definition) is 1. The number of aliphatic imine (C=N–C) groups is 1. The fourth-order valence-electron chi connectivity index (χ4n) is 3.04. The van der Waals surface area contributed by atoms with E-state index in [-0.39, 0.29) is 5.54 Å². The van der Waals surface area contributed by atoms with Gasteiger partial charge in [0.2, 0.25) is 0 Å². The third-order valence-electron chi connectivity index (χ3n) is 4.37. The molecular formula is C13H25N3. The van der Waals surface area contributed by atoms with E-state index >= 15 is 0 Å². The van der Waals surface area contributed by atoms with Crippen molar-refractivity contribution in [2.75, 3.05) is 13.1 Å². The predicted octanol–water partition coefficient (Wildman–Crippen LogP) is 2.37. The molecular weight excluding hydrogens is 198 g/mol. The Morgan fingerprint density at radius 2 is 1.88 bits per heavy atom. The van der Waals surface area contributed by atoms with Crippen LogP contribution in [0.5, 0.6) is 0 Å². The number of nitrogens with zero attached hydrogens (tertiary/aromatic N) is 2. The Balaban J connectivity index is 2.09. The molecule has 1 aliphatic heterocycles. The van der Waals surface area contributed by atoms with Crippen molar-refractivity contribution < 1.29 is 0 Å². The zero-order chi connectivity index (χ0) is 11.8. The molecule has 1 aliphatic carbocycles. The van der Waals surface area contributed by atoms with Gasteiger partial charge in [-0.1, -0.05) is 20.8 Å². The lowest BCUT2D eigenvalue weighted by Gasteiger charge is -2.46. The van der Waals surface area contributed by atoms with Crippen molar-refractivity contribution in [1.29, 1.82) is 0 Å². The van der Waals surface area contributed by atoms with Gasteiger partial charge in [-0.05, 0) is 37.5 Å². The first-order chi connectivity index (χ1) is 7.49. The standard InChI is InChI=1S/C13H25N3/c1-4-9-16-11(14)15-10-13(16)7-5-12(2,3)6-8-13/h4-10H2,1-3H3,(H2,14,15). The van der Waals surface area contributed by atoms with E-state index in [1.807, 2.05) is 0 Å². The molecule has 0 aromatic rings. The smallest absolute Gasteiger partial charge is 0.191 e. The van der Waals surface area contributed by atoms with Gasteiger partial charge < -0.3 is 10.6 Å². The molecule has 0 radical (unpaired) electrons. The van der Waals surface area contributed by atoms with Gasteiger partial charge in [-0.2, -0.15) is 0 Å². The SMILES string of the molecule is CCCN1C(N)=NCC12CCC(C)(C)CC2. The van der Waals surface area contributed by atoms with E-state index in [0.29, 0.717) is 5.41 Å². The van der Waals surface area contributed by atoms with Gasteiger partial charge in [0.25, 0.3) is 0 Å². The number of rotatable bonds is 2. The van der Waals surface area contributed by atoms with Gasteiger partial charge in [-0.25, -0.2) is 0 Å². The summed E-state index contributed by atoms with van der Waals surface area (Å²) in [6.45, 7) is 8.96. The van der Waals surface area contributed by atoms with Crippen LogP contribution in [0.4, 0.5) is 0 Å². The third kappa shape index (κ3) is 1.92. The normalized spacial score (nSPS) is 27.2. The molecule has 16 heavy (non-hydrogen) atoms. The zero-order valence-electron chi connectivity index (χ0n) is 10.9. The van der Waals surface area contributed by atoms with E-state index < -0.39 is 0 Å². The Hall–Kier alpha value is -0.730. The minimum atomic E-state index is 0.273. The minimum absolute atomic E-state index is 0.273. The van der Waals surface area contributed by atoms with E-state index in [1.54, 1.807) is 0 Å². The highest BCUT2D eigenvalue weighted by Crippen LogP contribution is 2.44. The highest BCUT2D eigenvalue weighted by atomic mass is 15.4. The molecule has 92 valence electrons. The first-order valence-electron chi connectivity index (χ1n) is 6.57. The second-order valence-electron chi connectivity index (χ2n) is 6.21. The lowest BCUT2D eigenvalue weighted by Crippen LogP contribution is -2.54. The highest BCUT2D eigenvalue weighted by Gasteiger charge is 2.45. The predicted molar refractivity (Wildman–Crippen MR) is 68.5 cm³/mol. The molecule has 1 fully saturated rings. The third-order valence-corrected chi connectivity index (χ3v) is 4.37. The van der Waals surface area contributed by atoms with Crippen LogP contribution in [-0.2, 0) is 0 Å². The monoisotopic (exact) mass is 223 g/mol. The molecule has 1 spiro atoms. The fourth-order valence-corrected chi connectivity index (χ4v) is 3.04. The van der Waals surface area contributed by atoms with Crippen molar-refractivity contribution in [3.05, 3.63) is 0 Å². The van der Waals surface area contributed by atoms with E-state index in [1.165, 1.54) is 25.7 Å². The van der Waals surface area contributed by atoms with Gasteiger partial charge in [0.05, 0.1) is 12.1 Å². The summed E-state index contributed by atoms with van der Waals surface area (Å²) in [6, 6.07) is 0. The molecule has 2 rings (SSSR count). The molecule has 0 saturated heterocycles. The lowest BCUT2D eigenvalue weighted by atomic mass is 9.69. The molecule has 2 N–H and O–H groups in total. The average molecular weight is 223 g/mol. The Bertz CT molecular complexity index is 284. The summed E-state index contributed by atoms with van der Waals surface area (Å²) in [7, 11) is 0. The van der Waals surface area contributed by atoms with Crippen molar-refractivity contribution in [3.8, 4) is 0 Å². The summed E-state index contributed by atoms with van der Waals surface area (Å²) in [5.74, 6) is 0.779. The summed E-state index contributed by atoms with van der Waals surface area (Å²) in [5.41, 5.74) is 6.80. The molecule has 0 bridgehead atoms. The van der Waals surface area contributed by atoms with Crippen LogP contribution in [0, 0.1) is 5.41 Å². The topological polar surface area (TPSA) is 41.6 Å². The van der Waals surface area contributed by atoms with Gasteiger partial charge in [0.15, 0.2) is 5.96 Å². The van der Waals surface area contributed by atoms with Crippen molar-refractivity contribution in [1.82, 2.24) is 4.90 Å². The Morgan fingerprint density at radius 3 is 2.44 bits per heavy atom. The summed E-state index contributed by atoms with van der Waals surface area (Å²) >= 11 is 0. The summed E-state index contributed by atoms with van der Waals surface area (Å²) < 4.78 is 0. The highest BCUT2D eigenvalue weighted by molar-refractivity contribution is 5.81. The zero-order valence-corrected chi connectivity index (χ0v) is 10.9. The van der Waals surface area contributed by atoms with Crippen LogP contribution in [0.15, 0.2) is 4.99 Å². The lowest BCUT2D eigenvalue weighted by molar-refractivity contribution is 0.0830. The molecule has 1 saturated carbocycles. The maximum Gasteiger partial charge on any atom is 0.191 e. The van der Waals surface area contributed by atoms with Crippen LogP contribution < -0.4 is 5.73 Å². The summed E-state index contributed by atoms with van der Waals surface area (Å²) in [5, 5.41) is 0. The quantitative estimate of drug-likeness (QED) is 0.781. The largest absolute Gasteiger partial charge is 0.370 e. The maximum absolute atomic E-state index is 6.01. The molecule has 2 aliphatic rings. The van der Waals surface area contributed by atoms with Gasteiger partial charge in [0, 0.05) is 6.54 Å². The number of guanidine groups is 1. The van der Waals surface area contributed by atoms with Gasteiger partial charge >= 0.3 is 0 Å². The first-order valence-corrected chi connectivity index (χ1v) is 6.57. The van der Waals surface area contributed by atoms with Crippen LogP contribution in [0.1, 0.15) is 52.9 Å². The Morgan fingerprint density at radius 1 is 1.25 bits per heavy atom. The average Bonchev–Trinajstić information content (AvgIpc) is 2.53. The molecule has 0 aromatic heterocycles. The van der Waals surface area contributed by atoms with Crippen molar-refractivity contribution in [2.24, 2.45) is 16.1 Å². The summed E-state index contributed by atoms with van der Waals surface area (Å²) in [6.07, 6.45) is 6.27. The molecule has 0 unspecified atom stereocenters. The van der Waals surface area contributed by atoms with Crippen molar-refractivity contribution in [2.45, 2.75) is 58.4 Å². The number of hydrogen-bond acceptors (Lipinski definition) is 3. The van der Waals surface area contributed by atoms with Gasteiger partial charge in [0.1, 0.15) is 0 Å². The van der Waals surface area contributed by atoms with Crippen LogP contribution in [0.25, 0.3) is 0 Å². The van der Waals surface area contributed by atoms with Gasteiger partial charge in [-0.3, -0.25) is 4.99 Å². The molecule has 0 amide bonds. The maximum atomic E-state index is 6.01. The Labute approximate surface area is 99.1 Å². The van der Waals surface area contributed by atoms with Crippen LogP contribution in [0.2, 0.25) is 0 Å². The second-order valence-corrected chi connectivity index (χ2v) is 6.21. The molecule has 3 heteroatoms. The van der Waals surface area contributed by atoms with E-state index in [2.05, 4.69) is 30.7 Å². The fraction of sp³-hybridized carbons (Fsp3) is 0.923. The van der Waals surface area contributed by atoms with Crippen LogP contribution in [-0.4, -0.2) is 29.5 Å². The van der Waals surface area contributed by atoms with E-state index in [9.17, 15) is 0 Å². The second kappa shape index (κ2) is 3.94. The first kappa shape index (κ1) is 11.7. The van der Waals surface area contributed by atoms with Crippen molar-refractivity contribution >= 4 is 5.96 Å². The molecule has 3 nitrogen and oxygen atoms in total. The Kier molecular flexibility index (Phi) is 2.89. The molecule has 0 aromatic carbocycles. The molecule has 1 heterocycles.